The fraction of sp³-hybridized carbons (Fsp3) is 0.417. The summed E-state index contributed by atoms with van der Waals surface area (Å²) in [5.41, 5.74) is 1.67. The van der Waals surface area contributed by atoms with Gasteiger partial charge < -0.3 is 19.3 Å². The number of unbranched alkanes of at least 4 members (excludes halogenated alkanes) is 1. The van der Waals surface area contributed by atoms with E-state index in [0.29, 0.717) is 6.54 Å². The lowest BCUT2D eigenvalue weighted by Crippen LogP contribution is -2.37. The lowest BCUT2D eigenvalue weighted by atomic mass is 9.92. The summed E-state index contributed by atoms with van der Waals surface area (Å²) in [5.74, 6) is 0.979. The zero-order chi connectivity index (χ0) is 21.7. The molecule has 160 valence electrons. The van der Waals surface area contributed by atoms with Crippen LogP contribution in [0.3, 0.4) is 0 Å². The molecule has 0 aliphatic carbocycles. The molecule has 3 rings (SSSR count). The van der Waals surface area contributed by atoms with Crippen LogP contribution in [0.25, 0.3) is 0 Å². The predicted octanol–water partition coefficient (Wildman–Crippen LogP) is 4.06. The Labute approximate surface area is 178 Å². The number of rotatable bonds is 8. The van der Waals surface area contributed by atoms with E-state index in [4.69, 9.17) is 9.47 Å². The van der Waals surface area contributed by atoms with Crippen LogP contribution < -0.4 is 14.4 Å². The zero-order valence-corrected chi connectivity index (χ0v) is 18.1. The normalized spacial score (nSPS) is 18.4. The molecule has 2 aromatic carbocycles. The first-order valence-electron chi connectivity index (χ1n) is 10.3. The van der Waals surface area contributed by atoms with Crippen LogP contribution in [-0.4, -0.2) is 44.5 Å². The van der Waals surface area contributed by atoms with Crippen molar-refractivity contribution in [3.8, 4) is 11.5 Å². The summed E-state index contributed by atoms with van der Waals surface area (Å²) in [6.07, 6.45) is 2.15. The zero-order valence-electron chi connectivity index (χ0n) is 18.1. The SMILES string of the molecule is CCCCN(C)C(=O)C1CC(=O)N(c2ccc(OC)cc2)C1c1ccc(OC)cc1. The van der Waals surface area contributed by atoms with E-state index >= 15 is 0 Å². The van der Waals surface area contributed by atoms with Gasteiger partial charge in [-0.25, -0.2) is 0 Å². The second kappa shape index (κ2) is 9.65. The molecule has 0 saturated carbocycles. The molecule has 0 spiro atoms. The first kappa shape index (κ1) is 21.7. The number of nitrogens with zero attached hydrogens (tertiary/aromatic N) is 2. The molecule has 1 aliphatic rings. The lowest BCUT2D eigenvalue weighted by Gasteiger charge is -2.30. The van der Waals surface area contributed by atoms with E-state index in [0.717, 1.165) is 35.6 Å². The molecule has 0 N–H and O–H groups in total. The maximum absolute atomic E-state index is 13.3. The van der Waals surface area contributed by atoms with E-state index < -0.39 is 5.92 Å². The Kier molecular flexibility index (Phi) is 6.98. The largest absolute Gasteiger partial charge is 0.497 e. The molecule has 1 fully saturated rings. The molecule has 30 heavy (non-hydrogen) atoms. The molecule has 6 nitrogen and oxygen atoms in total. The Hall–Kier alpha value is -3.02. The number of methoxy groups -OCH3 is 2. The van der Waals surface area contributed by atoms with Crippen LogP contribution >= 0.6 is 0 Å². The average molecular weight is 411 g/mol. The fourth-order valence-electron chi connectivity index (χ4n) is 3.97. The molecular formula is C24H30N2O4. The summed E-state index contributed by atoms with van der Waals surface area (Å²) in [5, 5.41) is 0. The topological polar surface area (TPSA) is 59.1 Å². The molecule has 2 aromatic rings. The lowest BCUT2D eigenvalue weighted by molar-refractivity contribution is -0.135. The Morgan fingerprint density at radius 2 is 1.60 bits per heavy atom. The van der Waals surface area contributed by atoms with Crippen LogP contribution in [-0.2, 0) is 9.59 Å². The van der Waals surface area contributed by atoms with Crippen molar-refractivity contribution in [1.29, 1.82) is 0 Å². The highest BCUT2D eigenvalue weighted by atomic mass is 16.5. The van der Waals surface area contributed by atoms with Crippen molar-refractivity contribution >= 4 is 17.5 Å². The second-order valence-corrected chi connectivity index (χ2v) is 7.60. The van der Waals surface area contributed by atoms with Gasteiger partial charge in [0, 0.05) is 25.7 Å². The van der Waals surface area contributed by atoms with Gasteiger partial charge in [0.15, 0.2) is 0 Å². The third kappa shape index (κ3) is 4.42. The molecule has 0 radical (unpaired) electrons. The summed E-state index contributed by atoms with van der Waals surface area (Å²) in [6.45, 7) is 2.79. The maximum Gasteiger partial charge on any atom is 0.228 e. The Balaban J connectivity index is 1.99. The van der Waals surface area contributed by atoms with Gasteiger partial charge >= 0.3 is 0 Å². The van der Waals surface area contributed by atoms with Crippen LogP contribution in [0.5, 0.6) is 11.5 Å². The first-order chi connectivity index (χ1) is 14.5. The van der Waals surface area contributed by atoms with E-state index in [2.05, 4.69) is 6.92 Å². The van der Waals surface area contributed by atoms with Crippen molar-refractivity contribution < 1.29 is 19.1 Å². The van der Waals surface area contributed by atoms with E-state index in [-0.39, 0.29) is 24.3 Å². The molecule has 2 amide bonds. The van der Waals surface area contributed by atoms with Crippen molar-refractivity contribution in [1.82, 2.24) is 4.90 Å². The average Bonchev–Trinajstić information content (AvgIpc) is 3.13. The van der Waals surface area contributed by atoms with Crippen molar-refractivity contribution in [2.75, 3.05) is 32.7 Å². The van der Waals surface area contributed by atoms with Gasteiger partial charge in [-0.05, 0) is 48.4 Å². The maximum atomic E-state index is 13.3. The molecule has 6 heteroatoms. The van der Waals surface area contributed by atoms with Crippen molar-refractivity contribution in [3.63, 3.8) is 0 Å². The van der Waals surface area contributed by atoms with E-state index in [1.54, 1.807) is 24.0 Å². The minimum Gasteiger partial charge on any atom is -0.497 e. The first-order valence-corrected chi connectivity index (χ1v) is 10.3. The van der Waals surface area contributed by atoms with Crippen molar-refractivity contribution in [2.24, 2.45) is 5.92 Å². The number of carbonyl (C=O) groups excluding carboxylic acids is 2. The number of anilines is 1. The summed E-state index contributed by atoms with van der Waals surface area (Å²) in [4.78, 5) is 29.9. The Bertz CT molecular complexity index is 864. The van der Waals surface area contributed by atoms with Gasteiger partial charge in [-0.3, -0.25) is 9.59 Å². The second-order valence-electron chi connectivity index (χ2n) is 7.60. The number of hydrogen-bond acceptors (Lipinski definition) is 4. The van der Waals surface area contributed by atoms with Crippen LogP contribution in [0.1, 0.15) is 37.8 Å². The highest BCUT2D eigenvalue weighted by Gasteiger charge is 2.46. The van der Waals surface area contributed by atoms with Crippen molar-refractivity contribution in [3.05, 3.63) is 54.1 Å². The summed E-state index contributed by atoms with van der Waals surface area (Å²) >= 11 is 0. The Morgan fingerprint density at radius 3 is 2.13 bits per heavy atom. The highest BCUT2D eigenvalue weighted by Crippen LogP contribution is 2.42. The molecule has 0 aromatic heterocycles. The van der Waals surface area contributed by atoms with Gasteiger partial charge in [-0.1, -0.05) is 25.5 Å². The standard InChI is InChI=1S/C24H30N2O4/c1-5-6-15-25(2)24(28)21-16-22(27)26(18-9-13-20(30-4)14-10-18)23(21)17-7-11-19(29-3)12-8-17/h7-14,21,23H,5-6,15-16H2,1-4H3. The van der Waals surface area contributed by atoms with Crippen LogP contribution in [0.4, 0.5) is 5.69 Å². The smallest absolute Gasteiger partial charge is 0.228 e. The van der Waals surface area contributed by atoms with E-state index in [9.17, 15) is 9.59 Å². The third-order valence-electron chi connectivity index (χ3n) is 5.67. The third-order valence-corrected chi connectivity index (χ3v) is 5.67. The Morgan fingerprint density at radius 1 is 1.03 bits per heavy atom. The fourth-order valence-corrected chi connectivity index (χ4v) is 3.97. The minimum atomic E-state index is -0.435. The summed E-state index contributed by atoms with van der Waals surface area (Å²) in [6, 6.07) is 14.6. The van der Waals surface area contributed by atoms with Gasteiger partial charge in [0.2, 0.25) is 11.8 Å². The van der Waals surface area contributed by atoms with Gasteiger partial charge in [-0.2, -0.15) is 0 Å². The molecule has 1 saturated heterocycles. The number of amides is 2. The molecule has 1 heterocycles. The van der Waals surface area contributed by atoms with Gasteiger partial charge in [0.25, 0.3) is 0 Å². The molecule has 1 aliphatic heterocycles. The molecule has 2 unspecified atom stereocenters. The van der Waals surface area contributed by atoms with Gasteiger partial charge in [0.1, 0.15) is 11.5 Å². The molecular weight excluding hydrogens is 380 g/mol. The number of hydrogen-bond donors (Lipinski definition) is 0. The predicted molar refractivity (Wildman–Crippen MR) is 117 cm³/mol. The highest BCUT2D eigenvalue weighted by molar-refractivity contribution is 6.01. The van der Waals surface area contributed by atoms with Gasteiger partial charge in [0.05, 0.1) is 26.2 Å². The van der Waals surface area contributed by atoms with Gasteiger partial charge in [-0.15, -0.1) is 0 Å². The van der Waals surface area contributed by atoms with Crippen molar-refractivity contribution in [2.45, 2.75) is 32.2 Å². The van der Waals surface area contributed by atoms with E-state index in [1.165, 1.54) is 0 Å². The minimum absolute atomic E-state index is 0.00799. The summed E-state index contributed by atoms with van der Waals surface area (Å²) in [7, 11) is 5.05. The summed E-state index contributed by atoms with van der Waals surface area (Å²) < 4.78 is 10.5. The molecule has 0 bridgehead atoms. The number of benzene rings is 2. The number of ether oxygens (including phenoxy) is 2. The van der Waals surface area contributed by atoms with Crippen LogP contribution in [0, 0.1) is 5.92 Å². The molecule has 2 atom stereocenters. The quantitative estimate of drug-likeness (QED) is 0.659. The monoisotopic (exact) mass is 410 g/mol. The number of carbonyl (C=O) groups is 2. The van der Waals surface area contributed by atoms with Crippen LogP contribution in [0.15, 0.2) is 48.5 Å². The van der Waals surface area contributed by atoms with Crippen LogP contribution in [0.2, 0.25) is 0 Å². The van der Waals surface area contributed by atoms with E-state index in [1.807, 2.05) is 55.6 Å².